The van der Waals surface area contributed by atoms with Crippen LogP contribution < -0.4 is 18.9 Å². The molecule has 0 saturated carbocycles. The number of ether oxygens (including phenoxy) is 7. The molecular formula is C45H42O12. The first kappa shape index (κ1) is 42.5. The van der Waals surface area contributed by atoms with E-state index in [1.54, 1.807) is 32.1 Å². The molecule has 0 saturated heterocycles. The fraction of sp³-hybridized carbons (Fsp3) is 0.178. The molecule has 12 heteroatoms. The van der Waals surface area contributed by atoms with Crippen molar-refractivity contribution in [2.75, 3.05) is 26.6 Å². The van der Waals surface area contributed by atoms with Gasteiger partial charge in [0.25, 0.3) is 0 Å². The second-order valence-electron chi connectivity index (χ2n) is 12.7. The van der Waals surface area contributed by atoms with Gasteiger partial charge >= 0.3 is 29.8 Å². The fourth-order valence-corrected chi connectivity index (χ4v) is 4.54. The van der Waals surface area contributed by atoms with E-state index in [9.17, 15) is 24.0 Å². The molecule has 0 aliphatic rings. The zero-order valence-corrected chi connectivity index (χ0v) is 31.8. The van der Waals surface area contributed by atoms with Crippen LogP contribution in [0.15, 0.2) is 140 Å². The van der Waals surface area contributed by atoms with Gasteiger partial charge in [0.1, 0.15) is 36.2 Å². The molecule has 0 amide bonds. The molecule has 0 radical (unpaired) electrons. The third-order valence-corrected chi connectivity index (χ3v) is 7.70. The molecule has 4 aromatic rings. The van der Waals surface area contributed by atoms with Crippen molar-refractivity contribution in [1.29, 1.82) is 0 Å². The summed E-state index contributed by atoms with van der Waals surface area (Å²) in [5.74, 6) is -1.81. The molecule has 0 spiro atoms. The van der Waals surface area contributed by atoms with Crippen LogP contribution in [-0.4, -0.2) is 56.5 Å². The highest BCUT2D eigenvalue weighted by Crippen LogP contribution is 2.24. The molecule has 57 heavy (non-hydrogen) atoms. The quantitative estimate of drug-likeness (QED) is 0.0300. The van der Waals surface area contributed by atoms with Gasteiger partial charge in [0.15, 0.2) is 0 Å². The van der Waals surface area contributed by atoms with Gasteiger partial charge in [-0.2, -0.15) is 0 Å². The normalized spacial score (nSPS) is 10.6. The van der Waals surface area contributed by atoms with Gasteiger partial charge < -0.3 is 33.2 Å². The van der Waals surface area contributed by atoms with E-state index in [4.69, 9.17) is 33.2 Å². The van der Waals surface area contributed by atoms with Crippen LogP contribution in [0.5, 0.6) is 23.0 Å². The average molecular weight is 775 g/mol. The standard InChI is InChI=1S/C45H42O12/c1-29(2)42(47)52-26-33(27-53-43(48)30(3)4)25-51-37-16-12-35(13-17-37)34-10-7-32(8-11-34)9-24-41(46)56-39-20-22-40(23-21-39)57-45(50)36-14-18-38(19-15-36)54-28-55-44(49)31(5)6/h7-24,33H,1,3,5,25-28H2,2,4,6H3/b24-9+. The van der Waals surface area contributed by atoms with E-state index >= 15 is 0 Å². The number of benzene rings is 4. The van der Waals surface area contributed by atoms with Crippen LogP contribution in [0.1, 0.15) is 36.7 Å². The molecule has 0 aromatic heterocycles. The second-order valence-corrected chi connectivity index (χ2v) is 12.7. The molecule has 0 unspecified atom stereocenters. The number of hydrogen-bond acceptors (Lipinski definition) is 12. The van der Waals surface area contributed by atoms with Crippen molar-refractivity contribution in [3.8, 4) is 34.1 Å². The van der Waals surface area contributed by atoms with Gasteiger partial charge in [-0.05, 0) is 104 Å². The minimum absolute atomic E-state index is 0.0196. The van der Waals surface area contributed by atoms with Crippen molar-refractivity contribution in [2.24, 2.45) is 5.92 Å². The lowest BCUT2D eigenvalue weighted by atomic mass is 10.0. The van der Waals surface area contributed by atoms with Crippen LogP contribution >= 0.6 is 0 Å². The van der Waals surface area contributed by atoms with E-state index in [-0.39, 0.29) is 60.4 Å². The predicted octanol–water partition coefficient (Wildman–Crippen LogP) is 7.88. The summed E-state index contributed by atoms with van der Waals surface area (Å²) in [6.07, 6.45) is 2.93. The lowest BCUT2D eigenvalue weighted by molar-refractivity contribution is -0.146. The average Bonchev–Trinajstić information content (AvgIpc) is 3.20. The number of hydrogen-bond donors (Lipinski definition) is 0. The van der Waals surface area contributed by atoms with Crippen molar-refractivity contribution in [1.82, 2.24) is 0 Å². The van der Waals surface area contributed by atoms with Gasteiger partial charge in [0, 0.05) is 22.8 Å². The van der Waals surface area contributed by atoms with E-state index in [0.717, 1.165) is 16.7 Å². The maximum absolute atomic E-state index is 12.6. The molecule has 0 fully saturated rings. The Labute approximate surface area is 330 Å². The Morgan fingerprint density at radius 3 is 1.49 bits per heavy atom. The van der Waals surface area contributed by atoms with Gasteiger partial charge in [-0.1, -0.05) is 56.1 Å². The second kappa shape index (κ2) is 21.0. The Morgan fingerprint density at radius 2 is 0.965 bits per heavy atom. The summed E-state index contributed by atoms with van der Waals surface area (Å²) >= 11 is 0. The summed E-state index contributed by atoms with van der Waals surface area (Å²) in [6, 6.07) is 27.0. The summed E-state index contributed by atoms with van der Waals surface area (Å²) < 4.78 is 37.4. The Morgan fingerprint density at radius 1 is 0.526 bits per heavy atom. The SMILES string of the molecule is C=C(C)C(=O)OCOc1ccc(C(=O)Oc2ccc(OC(=O)/C=C/c3ccc(-c4ccc(OCC(COC(=O)C(=C)C)COC(=O)C(=C)C)cc4)cc3)cc2)cc1. The number of carbonyl (C=O) groups is 5. The van der Waals surface area contributed by atoms with E-state index in [1.807, 2.05) is 36.4 Å². The minimum atomic E-state index is -0.609. The van der Waals surface area contributed by atoms with E-state index < -0.39 is 35.8 Å². The Bertz CT molecular complexity index is 2080. The Balaban J connectivity index is 1.23. The first-order valence-electron chi connectivity index (χ1n) is 17.5. The van der Waals surface area contributed by atoms with Crippen LogP contribution in [0.25, 0.3) is 17.2 Å². The van der Waals surface area contributed by atoms with Crippen LogP contribution in [0.3, 0.4) is 0 Å². The summed E-state index contributed by atoms with van der Waals surface area (Å²) in [5, 5.41) is 0. The van der Waals surface area contributed by atoms with Crippen LogP contribution in [0.4, 0.5) is 0 Å². The topological polar surface area (TPSA) is 150 Å². The predicted molar refractivity (Wildman–Crippen MR) is 211 cm³/mol. The molecular weight excluding hydrogens is 732 g/mol. The first-order valence-corrected chi connectivity index (χ1v) is 17.5. The van der Waals surface area contributed by atoms with Crippen molar-refractivity contribution in [3.05, 3.63) is 151 Å². The summed E-state index contributed by atoms with van der Waals surface area (Å²) in [5.41, 5.74) is 3.67. The van der Waals surface area contributed by atoms with E-state index in [2.05, 4.69) is 19.7 Å². The maximum atomic E-state index is 12.6. The van der Waals surface area contributed by atoms with E-state index in [0.29, 0.717) is 11.5 Å². The van der Waals surface area contributed by atoms with Gasteiger partial charge in [-0.25, -0.2) is 24.0 Å². The zero-order valence-electron chi connectivity index (χ0n) is 31.8. The molecule has 4 aromatic carbocycles. The third-order valence-electron chi connectivity index (χ3n) is 7.70. The number of carbonyl (C=O) groups excluding carboxylic acids is 5. The lowest BCUT2D eigenvalue weighted by Crippen LogP contribution is -2.26. The fourth-order valence-electron chi connectivity index (χ4n) is 4.54. The van der Waals surface area contributed by atoms with Crippen LogP contribution in [0.2, 0.25) is 0 Å². The van der Waals surface area contributed by atoms with Crippen LogP contribution in [-0.2, 0) is 33.4 Å². The highest BCUT2D eigenvalue weighted by atomic mass is 16.7. The van der Waals surface area contributed by atoms with Crippen molar-refractivity contribution < 1.29 is 57.1 Å². The van der Waals surface area contributed by atoms with E-state index in [1.165, 1.54) is 61.5 Å². The van der Waals surface area contributed by atoms with Crippen molar-refractivity contribution in [3.63, 3.8) is 0 Å². The largest absolute Gasteiger partial charge is 0.493 e. The first-order chi connectivity index (χ1) is 27.3. The highest BCUT2D eigenvalue weighted by Gasteiger charge is 2.17. The monoisotopic (exact) mass is 774 g/mol. The molecule has 0 heterocycles. The summed E-state index contributed by atoms with van der Waals surface area (Å²) in [4.78, 5) is 60.2. The molecule has 0 aliphatic heterocycles. The molecule has 12 nitrogen and oxygen atoms in total. The number of esters is 5. The Kier molecular flexibility index (Phi) is 15.7. The third kappa shape index (κ3) is 14.2. The molecule has 0 bridgehead atoms. The minimum Gasteiger partial charge on any atom is -0.493 e. The van der Waals surface area contributed by atoms with Crippen molar-refractivity contribution in [2.45, 2.75) is 20.8 Å². The number of rotatable bonds is 19. The molecule has 0 atom stereocenters. The highest BCUT2D eigenvalue weighted by molar-refractivity contribution is 5.91. The van der Waals surface area contributed by atoms with Gasteiger partial charge in [0.05, 0.1) is 18.1 Å². The summed E-state index contributed by atoms with van der Waals surface area (Å²) in [7, 11) is 0. The van der Waals surface area contributed by atoms with Crippen molar-refractivity contribution >= 4 is 35.9 Å². The van der Waals surface area contributed by atoms with Gasteiger partial charge in [0.2, 0.25) is 6.79 Å². The molecule has 4 rings (SSSR count). The smallest absolute Gasteiger partial charge is 0.343 e. The van der Waals surface area contributed by atoms with Gasteiger partial charge in [-0.15, -0.1) is 0 Å². The molecule has 0 aliphatic carbocycles. The molecule has 294 valence electrons. The lowest BCUT2D eigenvalue weighted by Gasteiger charge is -2.18. The molecule has 0 N–H and O–H groups in total. The van der Waals surface area contributed by atoms with Gasteiger partial charge in [-0.3, -0.25) is 0 Å². The summed E-state index contributed by atoms with van der Waals surface area (Å²) in [6.45, 7) is 15.0. The van der Waals surface area contributed by atoms with Crippen LogP contribution in [0, 0.1) is 5.92 Å². The Hall–Kier alpha value is -7.21. The maximum Gasteiger partial charge on any atom is 0.343 e. The zero-order chi connectivity index (χ0) is 41.3.